The number of aryl methyl sites for hydroxylation is 1. The number of carbonyl (C=O) groups excluding carboxylic acids is 2. The number of ether oxygens (including phenoxy) is 1. The highest BCUT2D eigenvalue weighted by molar-refractivity contribution is 9.11. The fourth-order valence-corrected chi connectivity index (χ4v) is 4.48. The third-order valence-corrected chi connectivity index (χ3v) is 5.88. The molecule has 0 aliphatic carbocycles. The predicted octanol–water partition coefficient (Wildman–Crippen LogP) is 6.74. The monoisotopic (exact) mass is 601 g/mol. The van der Waals surface area contributed by atoms with Gasteiger partial charge in [0.2, 0.25) is 0 Å². The maximum Gasteiger partial charge on any atom is 0.266 e. The van der Waals surface area contributed by atoms with E-state index in [1.54, 1.807) is 42.5 Å². The van der Waals surface area contributed by atoms with Crippen molar-refractivity contribution >= 4 is 72.7 Å². The first-order valence-corrected chi connectivity index (χ1v) is 11.9. The molecule has 0 heterocycles. The van der Waals surface area contributed by atoms with Crippen LogP contribution >= 0.6 is 43.5 Å². The van der Waals surface area contributed by atoms with Crippen LogP contribution < -0.4 is 15.4 Å². The van der Waals surface area contributed by atoms with Gasteiger partial charge in [0, 0.05) is 16.4 Å². The zero-order valence-corrected chi connectivity index (χ0v) is 21.8. The van der Waals surface area contributed by atoms with Crippen molar-refractivity contribution in [3.05, 3.63) is 91.3 Å². The Morgan fingerprint density at radius 1 is 1.03 bits per heavy atom. The van der Waals surface area contributed by atoms with Crippen LogP contribution in [0.4, 0.5) is 11.4 Å². The molecule has 0 saturated heterocycles. The summed E-state index contributed by atoms with van der Waals surface area (Å²) < 4.78 is 6.74. The van der Waals surface area contributed by atoms with Gasteiger partial charge in [-0.05, 0) is 105 Å². The molecule has 0 aromatic heterocycles. The number of carbonyl (C=O) groups is 2. The van der Waals surface area contributed by atoms with Crippen LogP contribution in [0.1, 0.15) is 11.1 Å². The van der Waals surface area contributed by atoms with Crippen molar-refractivity contribution in [2.75, 3.05) is 17.2 Å². The molecule has 2 N–H and O–H groups in total. The van der Waals surface area contributed by atoms with Crippen LogP contribution in [0.2, 0.25) is 5.02 Å². The lowest BCUT2D eigenvalue weighted by atomic mass is 10.1. The summed E-state index contributed by atoms with van der Waals surface area (Å²) in [6.07, 6.45) is 1.47. The quantitative estimate of drug-likeness (QED) is 0.231. The van der Waals surface area contributed by atoms with Crippen molar-refractivity contribution < 1.29 is 14.3 Å². The second-order valence-electron chi connectivity index (χ2n) is 7.15. The molecule has 0 bridgehead atoms. The number of nitrogens with zero attached hydrogens (tertiary/aromatic N) is 1. The Labute approximate surface area is 218 Å². The average molecular weight is 604 g/mol. The van der Waals surface area contributed by atoms with E-state index in [2.05, 4.69) is 42.5 Å². The normalized spacial score (nSPS) is 10.9. The summed E-state index contributed by atoms with van der Waals surface area (Å²) in [6, 6.07) is 19.3. The molecule has 172 valence electrons. The maximum atomic E-state index is 12.5. The van der Waals surface area contributed by atoms with E-state index in [4.69, 9.17) is 16.3 Å². The Balaban J connectivity index is 1.69. The van der Waals surface area contributed by atoms with Gasteiger partial charge in [0.05, 0.1) is 8.95 Å². The third kappa shape index (κ3) is 7.19. The third-order valence-electron chi connectivity index (χ3n) is 4.45. The number of nitriles is 1. The molecule has 2 amide bonds. The standard InChI is InChI=1S/C25H18Br2ClN3O3/c1-15-3-2-4-20(9-15)31-25(33)17(13-29)10-16-11-21(26)24(22(27)12-16)34-14-23(32)30-19-7-5-18(28)6-8-19/h2-12H,14H2,1H3,(H,30,32)(H,31,33)/b17-10+. The van der Waals surface area contributed by atoms with Crippen LogP contribution in [-0.2, 0) is 9.59 Å². The van der Waals surface area contributed by atoms with E-state index in [0.717, 1.165) is 5.56 Å². The minimum atomic E-state index is -0.514. The molecule has 3 rings (SSSR count). The molecule has 3 aromatic carbocycles. The molecule has 3 aromatic rings. The van der Waals surface area contributed by atoms with Crippen LogP contribution in [0.3, 0.4) is 0 Å². The van der Waals surface area contributed by atoms with Crippen molar-refractivity contribution in [2.24, 2.45) is 0 Å². The van der Waals surface area contributed by atoms with Gasteiger partial charge in [0.1, 0.15) is 17.4 Å². The van der Waals surface area contributed by atoms with E-state index in [1.807, 2.05) is 31.2 Å². The lowest BCUT2D eigenvalue weighted by molar-refractivity contribution is -0.118. The number of hydrogen-bond acceptors (Lipinski definition) is 4. The second-order valence-corrected chi connectivity index (χ2v) is 9.30. The van der Waals surface area contributed by atoms with Crippen molar-refractivity contribution in [1.82, 2.24) is 0 Å². The molecular weight excluding hydrogens is 586 g/mol. The van der Waals surface area contributed by atoms with Crippen molar-refractivity contribution in [3.8, 4) is 11.8 Å². The first kappa shape index (κ1) is 25.5. The summed E-state index contributed by atoms with van der Waals surface area (Å²) in [7, 11) is 0. The van der Waals surface area contributed by atoms with E-state index < -0.39 is 5.91 Å². The van der Waals surface area contributed by atoms with Gasteiger partial charge in [-0.15, -0.1) is 0 Å². The summed E-state index contributed by atoms with van der Waals surface area (Å²) in [5.74, 6) is -0.449. The predicted molar refractivity (Wildman–Crippen MR) is 141 cm³/mol. The summed E-state index contributed by atoms with van der Waals surface area (Å²) in [5.41, 5.74) is 2.73. The highest BCUT2D eigenvalue weighted by atomic mass is 79.9. The fourth-order valence-electron chi connectivity index (χ4n) is 2.91. The number of benzene rings is 3. The fraction of sp³-hybridized carbons (Fsp3) is 0.0800. The average Bonchev–Trinajstić information content (AvgIpc) is 2.78. The van der Waals surface area contributed by atoms with Crippen molar-refractivity contribution in [1.29, 1.82) is 5.26 Å². The zero-order valence-electron chi connectivity index (χ0n) is 17.9. The van der Waals surface area contributed by atoms with Crippen LogP contribution in [-0.4, -0.2) is 18.4 Å². The Kier molecular flexibility index (Phi) is 8.88. The molecule has 0 fully saturated rings. The number of amides is 2. The van der Waals surface area contributed by atoms with Crippen molar-refractivity contribution in [3.63, 3.8) is 0 Å². The van der Waals surface area contributed by atoms with E-state index in [1.165, 1.54) is 6.08 Å². The minimum absolute atomic E-state index is 0.0590. The SMILES string of the molecule is Cc1cccc(NC(=O)/C(C#N)=C/c2cc(Br)c(OCC(=O)Nc3ccc(Cl)cc3)c(Br)c2)c1. The molecule has 0 atom stereocenters. The Morgan fingerprint density at radius 3 is 2.32 bits per heavy atom. The lowest BCUT2D eigenvalue weighted by Gasteiger charge is -2.12. The molecule has 0 aliphatic heterocycles. The Hall–Kier alpha value is -3.12. The van der Waals surface area contributed by atoms with Crippen LogP contribution in [0.25, 0.3) is 6.08 Å². The highest BCUT2D eigenvalue weighted by Gasteiger charge is 2.14. The summed E-state index contributed by atoms with van der Waals surface area (Å²) >= 11 is 12.7. The highest BCUT2D eigenvalue weighted by Crippen LogP contribution is 2.35. The Morgan fingerprint density at radius 2 is 1.71 bits per heavy atom. The maximum absolute atomic E-state index is 12.5. The summed E-state index contributed by atoms with van der Waals surface area (Å²) in [5, 5.41) is 15.5. The molecule has 0 unspecified atom stereocenters. The van der Waals surface area contributed by atoms with Crippen LogP contribution in [0.5, 0.6) is 5.75 Å². The number of hydrogen-bond donors (Lipinski definition) is 2. The van der Waals surface area contributed by atoms with Gasteiger partial charge in [0.25, 0.3) is 11.8 Å². The molecule has 0 spiro atoms. The molecule has 0 saturated carbocycles. The Bertz CT molecular complexity index is 1280. The molecule has 34 heavy (non-hydrogen) atoms. The topological polar surface area (TPSA) is 91.2 Å². The van der Waals surface area contributed by atoms with Gasteiger partial charge >= 0.3 is 0 Å². The van der Waals surface area contributed by atoms with Gasteiger partial charge in [0.15, 0.2) is 6.61 Å². The summed E-state index contributed by atoms with van der Waals surface area (Å²) in [6.45, 7) is 1.69. The van der Waals surface area contributed by atoms with E-state index in [9.17, 15) is 14.9 Å². The lowest BCUT2D eigenvalue weighted by Crippen LogP contribution is -2.20. The van der Waals surface area contributed by atoms with E-state index in [0.29, 0.717) is 36.7 Å². The van der Waals surface area contributed by atoms with Gasteiger partial charge in [-0.3, -0.25) is 9.59 Å². The molecule has 9 heteroatoms. The number of rotatable bonds is 7. The van der Waals surface area contributed by atoms with Gasteiger partial charge < -0.3 is 15.4 Å². The summed E-state index contributed by atoms with van der Waals surface area (Å²) in [4.78, 5) is 24.7. The van der Waals surface area contributed by atoms with Crippen LogP contribution in [0, 0.1) is 18.3 Å². The van der Waals surface area contributed by atoms with Gasteiger partial charge in [-0.1, -0.05) is 23.7 Å². The van der Waals surface area contributed by atoms with Crippen LogP contribution in [0.15, 0.2) is 75.2 Å². The largest absolute Gasteiger partial charge is 0.481 e. The smallest absolute Gasteiger partial charge is 0.266 e. The molecule has 0 aliphatic rings. The van der Waals surface area contributed by atoms with E-state index >= 15 is 0 Å². The second kappa shape index (κ2) is 11.8. The molecule has 6 nitrogen and oxygen atoms in total. The van der Waals surface area contributed by atoms with E-state index in [-0.39, 0.29) is 18.1 Å². The first-order chi connectivity index (χ1) is 16.2. The van der Waals surface area contributed by atoms with Gasteiger partial charge in [-0.25, -0.2) is 0 Å². The first-order valence-electron chi connectivity index (χ1n) is 9.92. The zero-order chi connectivity index (χ0) is 24.7. The van der Waals surface area contributed by atoms with Crippen molar-refractivity contribution in [2.45, 2.75) is 6.92 Å². The number of halogens is 3. The molecular formula is C25H18Br2ClN3O3. The van der Waals surface area contributed by atoms with Gasteiger partial charge in [-0.2, -0.15) is 5.26 Å². The molecule has 0 radical (unpaired) electrons. The number of nitrogens with one attached hydrogen (secondary N) is 2. The minimum Gasteiger partial charge on any atom is -0.481 e. The number of anilines is 2.